The summed E-state index contributed by atoms with van der Waals surface area (Å²) in [4.78, 5) is 14.6. The van der Waals surface area contributed by atoms with Gasteiger partial charge in [-0.3, -0.25) is 4.72 Å². The highest BCUT2D eigenvalue weighted by molar-refractivity contribution is 7.93. The highest BCUT2D eigenvalue weighted by Crippen LogP contribution is 2.33. The van der Waals surface area contributed by atoms with Crippen LogP contribution in [0, 0.1) is 5.82 Å². The first-order valence-corrected chi connectivity index (χ1v) is 12.7. The first kappa shape index (κ1) is 24.3. The van der Waals surface area contributed by atoms with Crippen LogP contribution >= 0.6 is 0 Å². The van der Waals surface area contributed by atoms with Crippen molar-refractivity contribution in [3.8, 4) is 5.75 Å². The molecule has 3 N–H and O–H groups in total. The fraction of sp³-hybridized carbons (Fsp3) is 0.240. The van der Waals surface area contributed by atoms with Gasteiger partial charge in [0.15, 0.2) is 0 Å². The fourth-order valence-corrected chi connectivity index (χ4v) is 5.28. The predicted octanol–water partition coefficient (Wildman–Crippen LogP) is 5.27. The summed E-state index contributed by atoms with van der Waals surface area (Å²) in [6.07, 6.45) is 3.04. The van der Waals surface area contributed by atoms with Gasteiger partial charge in [0, 0.05) is 24.5 Å². The summed E-state index contributed by atoms with van der Waals surface area (Å²) in [6, 6.07) is 16.3. The standard InChI is InChI=1S/C25H27FN4O4S/c1-34-23-8-4-3-7-21(23)29-35(32,33)24-17-20(13-14-22(24)30-15-5-2-6-16-30)28-25(31)27-19-11-9-18(26)10-12-19/h3-4,7-14,17,29H,2,5-6,15-16H2,1H3,(H2,27,28,31). The fourth-order valence-electron chi connectivity index (χ4n) is 3.96. The quantitative estimate of drug-likeness (QED) is 0.412. The van der Waals surface area contributed by atoms with Crippen LogP contribution in [-0.2, 0) is 10.0 Å². The van der Waals surface area contributed by atoms with E-state index in [1.54, 1.807) is 36.4 Å². The number of ether oxygens (including phenoxy) is 1. The van der Waals surface area contributed by atoms with Gasteiger partial charge in [-0.2, -0.15) is 0 Å². The zero-order valence-corrected chi connectivity index (χ0v) is 20.1. The van der Waals surface area contributed by atoms with Gasteiger partial charge in [0.05, 0.1) is 18.5 Å². The van der Waals surface area contributed by atoms with E-state index in [9.17, 15) is 17.6 Å². The number of para-hydroxylation sites is 2. The number of nitrogens with one attached hydrogen (secondary N) is 3. The van der Waals surface area contributed by atoms with Gasteiger partial charge in [0.1, 0.15) is 16.5 Å². The van der Waals surface area contributed by atoms with Crippen LogP contribution in [0.5, 0.6) is 5.75 Å². The molecule has 0 saturated carbocycles. The number of halogens is 1. The Morgan fingerprint density at radius 3 is 2.29 bits per heavy atom. The van der Waals surface area contributed by atoms with Gasteiger partial charge in [-0.1, -0.05) is 12.1 Å². The Morgan fingerprint density at radius 2 is 1.57 bits per heavy atom. The second-order valence-electron chi connectivity index (χ2n) is 8.12. The van der Waals surface area contributed by atoms with E-state index < -0.39 is 21.9 Å². The Morgan fingerprint density at radius 1 is 0.914 bits per heavy atom. The normalized spacial score (nSPS) is 13.7. The smallest absolute Gasteiger partial charge is 0.323 e. The number of urea groups is 1. The van der Waals surface area contributed by atoms with Crippen LogP contribution < -0.4 is 25.0 Å². The van der Waals surface area contributed by atoms with Gasteiger partial charge in [0.25, 0.3) is 10.0 Å². The second kappa shape index (κ2) is 10.6. The molecule has 4 rings (SSSR count). The maximum atomic E-state index is 13.5. The molecule has 10 heteroatoms. The summed E-state index contributed by atoms with van der Waals surface area (Å²) in [5.74, 6) is -0.0230. The molecule has 3 aromatic carbocycles. The average Bonchev–Trinajstić information content (AvgIpc) is 2.86. The van der Waals surface area contributed by atoms with E-state index >= 15 is 0 Å². The first-order valence-electron chi connectivity index (χ1n) is 11.2. The zero-order valence-electron chi connectivity index (χ0n) is 19.3. The Kier molecular flexibility index (Phi) is 7.40. The van der Waals surface area contributed by atoms with Crippen molar-refractivity contribution >= 4 is 38.8 Å². The van der Waals surface area contributed by atoms with Gasteiger partial charge in [-0.05, 0) is 73.9 Å². The number of carbonyl (C=O) groups is 1. The third-order valence-corrected chi connectivity index (χ3v) is 7.05. The number of hydrogen-bond donors (Lipinski definition) is 3. The van der Waals surface area contributed by atoms with Gasteiger partial charge in [-0.25, -0.2) is 17.6 Å². The van der Waals surface area contributed by atoms with E-state index in [2.05, 4.69) is 15.4 Å². The minimum absolute atomic E-state index is 0.0462. The van der Waals surface area contributed by atoms with Crippen LogP contribution in [0.15, 0.2) is 71.6 Å². The maximum Gasteiger partial charge on any atom is 0.323 e. The number of sulfonamides is 1. The third-order valence-electron chi connectivity index (χ3n) is 5.66. The summed E-state index contributed by atoms with van der Waals surface area (Å²) < 4.78 is 48.1. The van der Waals surface area contributed by atoms with Crippen molar-refractivity contribution in [2.75, 3.05) is 40.5 Å². The van der Waals surface area contributed by atoms with Crippen LogP contribution in [0.4, 0.5) is 31.9 Å². The molecule has 184 valence electrons. The molecule has 8 nitrogen and oxygen atoms in total. The van der Waals surface area contributed by atoms with Crippen molar-refractivity contribution in [3.05, 3.63) is 72.5 Å². The Bertz CT molecular complexity index is 1290. The maximum absolute atomic E-state index is 13.5. The van der Waals surface area contributed by atoms with Gasteiger partial charge in [0.2, 0.25) is 0 Å². The van der Waals surface area contributed by atoms with E-state index in [1.807, 2.05) is 4.90 Å². The van der Waals surface area contributed by atoms with E-state index in [0.717, 1.165) is 32.4 Å². The first-order chi connectivity index (χ1) is 16.9. The highest BCUT2D eigenvalue weighted by Gasteiger charge is 2.25. The van der Waals surface area contributed by atoms with Crippen molar-refractivity contribution in [1.82, 2.24) is 0 Å². The van der Waals surface area contributed by atoms with Gasteiger partial charge in [-0.15, -0.1) is 0 Å². The molecule has 1 fully saturated rings. The number of nitrogens with zero attached hydrogens (tertiary/aromatic N) is 1. The lowest BCUT2D eigenvalue weighted by Crippen LogP contribution is -2.31. The second-order valence-corrected chi connectivity index (χ2v) is 9.77. The molecule has 0 aliphatic carbocycles. The van der Waals surface area contributed by atoms with Crippen molar-refractivity contribution in [3.63, 3.8) is 0 Å². The number of methoxy groups -OCH3 is 1. The van der Waals surface area contributed by atoms with Crippen LogP contribution in [0.2, 0.25) is 0 Å². The summed E-state index contributed by atoms with van der Waals surface area (Å²) in [7, 11) is -2.56. The number of anilines is 4. The number of hydrogen-bond acceptors (Lipinski definition) is 5. The van der Waals surface area contributed by atoms with Crippen molar-refractivity contribution < 1.29 is 22.3 Å². The molecule has 1 aliphatic heterocycles. The van der Waals surface area contributed by atoms with Crippen LogP contribution in [0.25, 0.3) is 0 Å². The molecule has 0 unspecified atom stereocenters. The number of benzene rings is 3. The van der Waals surface area contributed by atoms with E-state index in [-0.39, 0.29) is 4.90 Å². The summed E-state index contributed by atoms with van der Waals surface area (Å²) in [6.45, 7) is 1.49. The Hall–Kier alpha value is -3.79. The molecule has 2 amide bonds. The van der Waals surface area contributed by atoms with Gasteiger partial charge < -0.3 is 20.3 Å². The van der Waals surface area contributed by atoms with E-state index in [0.29, 0.717) is 28.5 Å². The minimum Gasteiger partial charge on any atom is -0.495 e. The predicted molar refractivity (Wildman–Crippen MR) is 135 cm³/mol. The van der Waals surface area contributed by atoms with Crippen LogP contribution in [-0.4, -0.2) is 34.6 Å². The molecule has 35 heavy (non-hydrogen) atoms. The van der Waals surface area contributed by atoms with Gasteiger partial charge >= 0.3 is 6.03 Å². The zero-order chi connectivity index (χ0) is 24.8. The SMILES string of the molecule is COc1ccccc1NS(=O)(=O)c1cc(NC(=O)Nc2ccc(F)cc2)ccc1N1CCCCC1. The molecule has 1 heterocycles. The summed E-state index contributed by atoms with van der Waals surface area (Å²) >= 11 is 0. The number of amides is 2. The monoisotopic (exact) mass is 498 g/mol. The lowest BCUT2D eigenvalue weighted by molar-refractivity contribution is 0.262. The van der Waals surface area contributed by atoms with Crippen LogP contribution in [0.1, 0.15) is 19.3 Å². The molecule has 1 aliphatic rings. The molecule has 1 saturated heterocycles. The number of rotatable bonds is 7. The topological polar surface area (TPSA) is 99.8 Å². The average molecular weight is 499 g/mol. The van der Waals surface area contributed by atoms with E-state index in [4.69, 9.17) is 4.74 Å². The molecule has 3 aromatic rings. The molecular formula is C25H27FN4O4S. The molecule has 0 spiro atoms. The highest BCUT2D eigenvalue weighted by atomic mass is 32.2. The molecular weight excluding hydrogens is 471 g/mol. The lowest BCUT2D eigenvalue weighted by atomic mass is 10.1. The Labute approximate surface area is 204 Å². The van der Waals surface area contributed by atoms with Crippen molar-refractivity contribution in [2.45, 2.75) is 24.2 Å². The minimum atomic E-state index is -4.03. The molecule has 0 bridgehead atoms. The molecule has 0 atom stereocenters. The van der Waals surface area contributed by atoms with Crippen molar-refractivity contribution in [1.29, 1.82) is 0 Å². The van der Waals surface area contributed by atoms with E-state index in [1.165, 1.54) is 37.4 Å². The van der Waals surface area contributed by atoms with Crippen molar-refractivity contribution in [2.24, 2.45) is 0 Å². The molecule has 0 radical (unpaired) electrons. The number of carbonyl (C=O) groups excluding carboxylic acids is 1. The number of piperidine rings is 1. The third kappa shape index (κ3) is 6.02. The lowest BCUT2D eigenvalue weighted by Gasteiger charge is -2.30. The largest absolute Gasteiger partial charge is 0.495 e. The molecule has 0 aromatic heterocycles. The Balaban J connectivity index is 1.64. The summed E-state index contributed by atoms with van der Waals surface area (Å²) in [5.41, 5.74) is 1.58. The summed E-state index contributed by atoms with van der Waals surface area (Å²) in [5, 5.41) is 5.25. The van der Waals surface area contributed by atoms with Crippen LogP contribution in [0.3, 0.4) is 0 Å².